The maximum Gasteiger partial charge on any atom is 0.132 e. The van der Waals surface area contributed by atoms with Crippen LogP contribution in [0.1, 0.15) is 11.1 Å². The van der Waals surface area contributed by atoms with Crippen molar-refractivity contribution in [2.24, 2.45) is 0 Å². The van der Waals surface area contributed by atoms with Gasteiger partial charge in [0.1, 0.15) is 5.82 Å². The molecule has 0 fully saturated rings. The normalized spacial score (nSPS) is 10.2. The third-order valence-corrected chi connectivity index (χ3v) is 2.83. The van der Waals surface area contributed by atoms with Gasteiger partial charge in [0.25, 0.3) is 0 Å². The Hall–Kier alpha value is -1.61. The molecule has 4 heteroatoms. The molecule has 0 spiro atoms. The molecule has 0 bridgehead atoms. The summed E-state index contributed by atoms with van der Waals surface area (Å²) in [7, 11) is 2.01. The minimum absolute atomic E-state index is 0.476. The Morgan fingerprint density at radius 2 is 1.94 bits per heavy atom. The van der Waals surface area contributed by atoms with Gasteiger partial charge in [-0.2, -0.15) is 0 Å². The fourth-order valence-electron chi connectivity index (χ4n) is 1.72. The molecule has 0 radical (unpaired) electrons. The Labute approximate surface area is 106 Å². The number of hydrogen-bond donors (Lipinski definition) is 0. The van der Waals surface area contributed by atoms with Crippen LogP contribution in [0.25, 0.3) is 0 Å². The highest BCUT2D eigenvalue weighted by Gasteiger charge is 2.07. The van der Waals surface area contributed by atoms with Gasteiger partial charge in [-0.3, -0.25) is 4.98 Å². The van der Waals surface area contributed by atoms with E-state index in [2.05, 4.69) is 14.9 Å². The third kappa shape index (κ3) is 2.94. The van der Waals surface area contributed by atoms with Gasteiger partial charge in [-0.25, -0.2) is 4.98 Å². The smallest absolute Gasteiger partial charge is 0.132 e. The second kappa shape index (κ2) is 5.64. The zero-order valence-electron chi connectivity index (χ0n) is 9.68. The molecule has 88 valence electrons. The lowest BCUT2D eigenvalue weighted by atomic mass is 10.2. The topological polar surface area (TPSA) is 29.0 Å². The van der Waals surface area contributed by atoms with Crippen LogP contribution in [-0.4, -0.2) is 17.0 Å². The molecule has 2 rings (SSSR count). The highest BCUT2D eigenvalue weighted by atomic mass is 35.5. The number of rotatable bonds is 4. The monoisotopic (exact) mass is 247 g/mol. The maximum absolute atomic E-state index is 5.90. The van der Waals surface area contributed by atoms with E-state index in [0.717, 1.165) is 17.9 Å². The molecular weight excluding hydrogens is 234 g/mol. The summed E-state index contributed by atoms with van der Waals surface area (Å²) in [5, 5.41) is 0. The first-order valence-electron chi connectivity index (χ1n) is 5.41. The van der Waals surface area contributed by atoms with Crippen LogP contribution in [-0.2, 0) is 12.4 Å². The Morgan fingerprint density at radius 1 is 1.18 bits per heavy atom. The Kier molecular flexibility index (Phi) is 3.94. The number of alkyl halides is 1. The van der Waals surface area contributed by atoms with Crippen molar-refractivity contribution in [2.75, 3.05) is 11.9 Å². The fraction of sp³-hybridized carbons (Fsp3) is 0.231. The summed E-state index contributed by atoms with van der Waals surface area (Å²) >= 11 is 5.90. The zero-order chi connectivity index (χ0) is 12.1. The molecule has 0 N–H and O–H groups in total. The highest BCUT2D eigenvalue weighted by molar-refractivity contribution is 6.17. The minimum atomic E-state index is 0.476. The van der Waals surface area contributed by atoms with Crippen molar-refractivity contribution in [3.05, 3.63) is 54.0 Å². The molecule has 0 aliphatic rings. The molecule has 2 aromatic rings. The number of pyridine rings is 2. The minimum Gasteiger partial charge on any atom is -0.355 e. The molecule has 0 saturated heterocycles. The van der Waals surface area contributed by atoms with Crippen LogP contribution in [0.4, 0.5) is 5.82 Å². The first-order chi connectivity index (χ1) is 8.31. The SMILES string of the molecule is CN(Cc1ccncc1)c1ncccc1CCl. The molecule has 0 aromatic carbocycles. The fourth-order valence-corrected chi connectivity index (χ4v) is 1.92. The van der Waals surface area contributed by atoms with Gasteiger partial charge >= 0.3 is 0 Å². The molecular formula is C13H14ClN3. The molecule has 0 saturated carbocycles. The average Bonchev–Trinajstić information content (AvgIpc) is 2.40. The number of nitrogens with zero attached hydrogens (tertiary/aromatic N) is 3. The largest absolute Gasteiger partial charge is 0.355 e. The van der Waals surface area contributed by atoms with Crippen LogP contribution in [0.15, 0.2) is 42.9 Å². The van der Waals surface area contributed by atoms with Gasteiger partial charge in [-0.05, 0) is 23.8 Å². The second-order valence-electron chi connectivity index (χ2n) is 3.83. The summed E-state index contributed by atoms with van der Waals surface area (Å²) in [5.41, 5.74) is 2.25. The average molecular weight is 248 g/mol. The van der Waals surface area contributed by atoms with E-state index < -0.39 is 0 Å². The number of hydrogen-bond acceptors (Lipinski definition) is 3. The summed E-state index contributed by atoms with van der Waals surface area (Å²) in [6.07, 6.45) is 5.38. The van der Waals surface area contributed by atoms with Gasteiger partial charge in [0.2, 0.25) is 0 Å². The van der Waals surface area contributed by atoms with E-state index in [-0.39, 0.29) is 0 Å². The number of anilines is 1. The van der Waals surface area contributed by atoms with Gasteiger partial charge < -0.3 is 4.90 Å². The second-order valence-corrected chi connectivity index (χ2v) is 4.10. The molecule has 0 aliphatic carbocycles. The van der Waals surface area contributed by atoms with Crippen molar-refractivity contribution in [2.45, 2.75) is 12.4 Å². The lowest BCUT2D eigenvalue weighted by Crippen LogP contribution is -2.19. The zero-order valence-corrected chi connectivity index (χ0v) is 10.4. The van der Waals surface area contributed by atoms with E-state index in [1.807, 2.05) is 31.3 Å². The van der Waals surface area contributed by atoms with Gasteiger partial charge in [-0.1, -0.05) is 6.07 Å². The molecule has 0 unspecified atom stereocenters. The van der Waals surface area contributed by atoms with Crippen LogP contribution in [0.3, 0.4) is 0 Å². The van der Waals surface area contributed by atoms with Crippen molar-refractivity contribution in [1.82, 2.24) is 9.97 Å². The molecule has 0 atom stereocenters. The molecule has 0 amide bonds. The van der Waals surface area contributed by atoms with Crippen molar-refractivity contribution in [1.29, 1.82) is 0 Å². The lowest BCUT2D eigenvalue weighted by Gasteiger charge is -2.20. The summed E-state index contributed by atoms with van der Waals surface area (Å²) < 4.78 is 0. The third-order valence-electron chi connectivity index (χ3n) is 2.54. The Bertz CT molecular complexity index is 473. The van der Waals surface area contributed by atoms with Crippen LogP contribution in [0, 0.1) is 0 Å². The van der Waals surface area contributed by atoms with Crippen LogP contribution in [0.2, 0.25) is 0 Å². The first kappa shape index (κ1) is 11.9. The Morgan fingerprint density at radius 3 is 2.65 bits per heavy atom. The molecule has 17 heavy (non-hydrogen) atoms. The molecule has 3 nitrogen and oxygen atoms in total. The van der Waals surface area contributed by atoms with Gasteiger partial charge in [-0.15, -0.1) is 11.6 Å². The highest BCUT2D eigenvalue weighted by Crippen LogP contribution is 2.19. The van der Waals surface area contributed by atoms with Crippen molar-refractivity contribution < 1.29 is 0 Å². The van der Waals surface area contributed by atoms with E-state index in [0.29, 0.717) is 5.88 Å². The van der Waals surface area contributed by atoms with Crippen molar-refractivity contribution in [3.8, 4) is 0 Å². The van der Waals surface area contributed by atoms with Gasteiger partial charge in [0.05, 0.1) is 5.88 Å². The van der Waals surface area contributed by atoms with E-state index in [9.17, 15) is 0 Å². The summed E-state index contributed by atoms with van der Waals surface area (Å²) in [6, 6.07) is 7.90. The summed E-state index contributed by atoms with van der Waals surface area (Å²) in [6.45, 7) is 0.795. The first-order valence-corrected chi connectivity index (χ1v) is 5.94. The van der Waals surface area contributed by atoms with Crippen LogP contribution in [0.5, 0.6) is 0 Å². The predicted octanol–water partition coefficient (Wildman–Crippen LogP) is 2.85. The van der Waals surface area contributed by atoms with Crippen molar-refractivity contribution >= 4 is 17.4 Å². The summed E-state index contributed by atoms with van der Waals surface area (Å²) in [4.78, 5) is 10.5. The standard InChI is InChI=1S/C13H14ClN3/c1-17(10-11-4-7-15-8-5-11)13-12(9-14)3-2-6-16-13/h2-8H,9-10H2,1H3. The molecule has 2 aromatic heterocycles. The number of aromatic nitrogens is 2. The van der Waals surface area contributed by atoms with E-state index >= 15 is 0 Å². The van der Waals surface area contributed by atoms with Gasteiger partial charge in [0.15, 0.2) is 0 Å². The maximum atomic E-state index is 5.90. The lowest BCUT2D eigenvalue weighted by molar-refractivity contribution is 0.886. The molecule has 2 heterocycles. The van der Waals surface area contributed by atoms with E-state index in [1.165, 1.54) is 5.56 Å². The predicted molar refractivity (Wildman–Crippen MR) is 70.1 cm³/mol. The number of halogens is 1. The summed E-state index contributed by atoms with van der Waals surface area (Å²) in [5.74, 6) is 1.41. The van der Waals surface area contributed by atoms with E-state index in [4.69, 9.17) is 11.6 Å². The van der Waals surface area contributed by atoms with Crippen LogP contribution < -0.4 is 4.90 Å². The quantitative estimate of drug-likeness (QED) is 0.778. The van der Waals surface area contributed by atoms with Crippen molar-refractivity contribution in [3.63, 3.8) is 0 Å². The van der Waals surface area contributed by atoms with Crippen LogP contribution >= 0.6 is 11.6 Å². The van der Waals surface area contributed by atoms with E-state index in [1.54, 1.807) is 18.6 Å². The van der Waals surface area contributed by atoms with Gasteiger partial charge in [0, 0.05) is 37.7 Å². The molecule has 0 aliphatic heterocycles. The Balaban J connectivity index is 2.17.